The SMILES string of the molecule is CCCCCc1ccc(C23[Si][Si]C(CCCCC)([Si][Si]2)[Si][Si]3)cc1. The average molecular weight is 411 g/mol. The van der Waals surface area contributed by atoms with E-state index in [1.807, 2.05) is 0 Å². The molecule has 3 aliphatic rings. The molecule has 0 aromatic heterocycles. The van der Waals surface area contributed by atoms with Crippen molar-refractivity contribution in [3.63, 3.8) is 0 Å². The van der Waals surface area contributed by atoms with Crippen LogP contribution in [0.4, 0.5) is 0 Å². The first-order valence-corrected chi connectivity index (χ1v) is 18.4. The molecule has 0 spiro atoms. The van der Waals surface area contributed by atoms with Crippen LogP contribution in [-0.2, 0) is 10.7 Å². The smallest absolute Gasteiger partial charge is 0.0271 e. The van der Waals surface area contributed by atoms with Crippen LogP contribution in [0.5, 0.6) is 0 Å². The Kier molecular flexibility index (Phi) is 7.19. The fourth-order valence-corrected chi connectivity index (χ4v) is 34.2. The lowest BCUT2D eigenvalue weighted by molar-refractivity contribution is 0.668. The minimum atomic E-state index is 0.657. The number of hydrogen-bond acceptors (Lipinski definition) is 0. The molecule has 0 saturated carbocycles. The van der Waals surface area contributed by atoms with Crippen molar-refractivity contribution >= 4 is 54.2 Å². The summed E-state index contributed by atoms with van der Waals surface area (Å²) in [6, 6.07) is 9.94. The molecule has 3 saturated heterocycles. The second-order valence-corrected chi connectivity index (χ2v) is 20.8. The van der Waals surface area contributed by atoms with E-state index in [9.17, 15) is 0 Å². The van der Waals surface area contributed by atoms with Crippen LogP contribution in [0.15, 0.2) is 24.3 Å². The van der Waals surface area contributed by atoms with Crippen molar-refractivity contribution in [3.8, 4) is 0 Å². The van der Waals surface area contributed by atoms with Crippen molar-refractivity contribution in [1.29, 1.82) is 0 Å². The Labute approximate surface area is 163 Å². The van der Waals surface area contributed by atoms with Gasteiger partial charge in [-0.25, -0.2) is 0 Å². The molecule has 1 aromatic carbocycles. The zero-order chi connectivity index (χ0) is 16.9. The molecule has 24 heavy (non-hydrogen) atoms. The fraction of sp³-hybridized carbons (Fsp3) is 0.667. The third-order valence-electron chi connectivity index (χ3n) is 5.00. The van der Waals surface area contributed by atoms with E-state index in [2.05, 4.69) is 38.1 Å². The summed E-state index contributed by atoms with van der Waals surface area (Å²) in [4.78, 5) is 0. The molecule has 12 radical (unpaired) electrons. The molecule has 0 aliphatic carbocycles. The molecule has 3 aliphatic heterocycles. The predicted molar refractivity (Wildman–Crippen MR) is 113 cm³/mol. The van der Waals surface area contributed by atoms with E-state index in [-0.39, 0.29) is 0 Å². The van der Waals surface area contributed by atoms with Gasteiger partial charge in [0.2, 0.25) is 0 Å². The first-order valence-electron chi connectivity index (χ1n) is 9.44. The molecule has 3 fully saturated rings. The fourth-order valence-electron chi connectivity index (χ4n) is 3.33. The topological polar surface area (TPSA) is 0 Å². The third kappa shape index (κ3) is 4.43. The van der Waals surface area contributed by atoms with Crippen molar-refractivity contribution in [2.75, 3.05) is 0 Å². The first-order chi connectivity index (χ1) is 11.7. The number of fused-ring (bicyclic) bond motifs is 3. The van der Waals surface area contributed by atoms with Crippen molar-refractivity contribution in [2.24, 2.45) is 0 Å². The summed E-state index contributed by atoms with van der Waals surface area (Å²) in [5.41, 5.74) is 3.28. The van der Waals surface area contributed by atoms with Crippen molar-refractivity contribution in [3.05, 3.63) is 35.4 Å². The summed E-state index contributed by atoms with van der Waals surface area (Å²) >= 11 is 0. The summed E-state index contributed by atoms with van der Waals surface area (Å²) in [5.74, 6) is 0. The van der Waals surface area contributed by atoms with Gasteiger partial charge >= 0.3 is 0 Å². The molecular weight excluding hydrogens is 385 g/mol. The Hall–Kier alpha value is 0.521. The highest BCUT2D eigenvalue weighted by molar-refractivity contribution is 7.42. The van der Waals surface area contributed by atoms with Gasteiger partial charge in [0.1, 0.15) is 0 Å². The van der Waals surface area contributed by atoms with Gasteiger partial charge in [0.25, 0.3) is 0 Å². The zero-order valence-electron chi connectivity index (χ0n) is 15.0. The van der Waals surface area contributed by atoms with E-state index >= 15 is 0 Å². The van der Waals surface area contributed by atoms with Crippen LogP contribution in [0.25, 0.3) is 0 Å². The second kappa shape index (κ2) is 8.94. The van der Waals surface area contributed by atoms with Gasteiger partial charge in [-0.2, -0.15) is 0 Å². The highest BCUT2D eigenvalue weighted by Gasteiger charge is 2.50. The zero-order valence-corrected chi connectivity index (χ0v) is 21.0. The lowest BCUT2D eigenvalue weighted by Gasteiger charge is -2.52. The van der Waals surface area contributed by atoms with E-state index in [0.717, 1.165) is 4.28 Å². The molecule has 3 heterocycles. The highest BCUT2D eigenvalue weighted by atomic mass is 29.3. The van der Waals surface area contributed by atoms with Gasteiger partial charge in [-0.1, -0.05) is 86.5 Å². The van der Waals surface area contributed by atoms with E-state index in [0.29, 0.717) is 4.28 Å². The maximum absolute atomic E-state index is 2.52. The molecule has 0 amide bonds. The van der Waals surface area contributed by atoms with E-state index in [1.54, 1.807) is 17.5 Å². The van der Waals surface area contributed by atoms with Gasteiger partial charge in [-0.3, -0.25) is 0 Å². The molecule has 0 N–H and O–H groups in total. The van der Waals surface area contributed by atoms with Crippen molar-refractivity contribution in [2.45, 2.75) is 73.8 Å². The van der Waals surface area contributed by atoms with Crippen LogP contribution in [0.1, 0.15) is 69.9 Å². The molecule has 0 unspecified atom stereocenters. The summed E-state index contributed by atoms with van der Waals surface area (Å²) in [7, 11) is 7.57. The van der Waals surface area contributed by atoms with Crippen LogP contribution in [0, 0.1) is 0 Å². The molecule has 4 rings (SSSR count). The maximum atomic E-state index is 2.52. The number of rotatable bonds is 9. The number of hydrogen-bond donors (Lipinski definition) is 0. The number of benzene rings is 1. The Balaban J connectivity index is 1.58. The van der Waals surface area contributed by atoms with Gasteiger partial charge < -0.3 is 0 Å². The average Bonchev–Trinajstić information content (AvgIpc) is 2.64. The predicted octanol–water partition coefficient (Wildman–Crippen LogP) is 3.18. The minimum Gasteiger partial charge on any atom is -0.0654 e. The van der Waals surface area contributed by atoms with Gasteiger partial charge in [-0.05, 0) is 22.7 Å². The maximum Gasteiger partial charge on any atom is 0.0271 e. The largest absolute Gasteiger partial charge is 0.0654 e. The van der Waals surface area contributed by atoms with Crippen LogP contribution < -0.4 is 0 Å². The lowest BCUT2D eigenvalue weighted by Crippen LogP contribution is -2.68. The number of unbranched alkanes of at least 4 members (excludes halogenated alkanes) is 4. The van der Waals surface area contributed by atoms with Gasteiger partial charge in [-0.15, -0.1) is 0 Å². The molecule has 122 valence electrons. The Morgan fingerprint density at radius 1 is 0.708 bits per heavy atom. The summed E-state index contributed by atoms with van der Waals surface area (Å²) < 4.78 is 1.51. The quantitative estimate of drug-likeness (QED) is 0.433. The Morgan fingerprint density at radius 3 is 1.88 bits per heavy atom. The van der Waals surface area contributed by atoms with Crippen LogP contribution in [0.3, 0.4) is 0 Å². The molecule has 0 atom stereocenters. The van der Waals surface area contributed by atoms with Crippen LogP contribution in [-0.4, -0.2) is 54.2 Å². The van der Waals surface area contributed by atoms with Crippen molar-refractivity contribution in [1.82, 2.24) is 0 Å². The van der Waals surface area contributed by atoms with Crippen molar-refractivity contribution < 1.29 is 0 Å². The molecule has 6 heteroatoms. The number of aryl methyl sites for hydroxylation is 1. The Bertz CT molecular complexity index is 490. The first kappa shape index (κ1) is 19.3. The molecule has 1 aromatic rings. The third-order valence-corrected chi connectivity index (χ3v) is 31.2. The normalized spacial score (nSPS) is 29.1. The Morgan fingerprint density at radius 2 is 1.29 bits per heavy atom. The minimum absolute atomic E-state index is 0.657. The van der Waals surface area contributed by atoms with E-state index in [1.165, 1.54) is 99.2 Å². The van der Waals surface area contributed by atoms with Crippen LogP contribution >= 0.6 is 0 Å². The van der Waals surface area contributed by atoms with Crippen LogP contribution in [0.2, 0.25) is 4.28 Å². The van der Waals surface area contributed by atoms with Gasteiger partial charge in [0, 0.05) is 54.2 Å². The standard InChI is InChI=1S/C18H26Si6/c1-3-5-7-9-15-10-12-16(13-11-15)18-22-19-17(20-23-18,21-24-18)14-8-6-4-2/h10-13H,3-9,14H2,1-2H3. The molecule has 0 nitrogen and oxygen atoms in total. The second-order valence-electron chi connectivity index (χ2n) is 7.02. The summed E-state index contributed by atoms with van der Waals surface area (Å²) in [6.07, 6.45) is 11.2. The van der Waals surface area contributed by atoms with E-state index < -0.39 is 0 Å². The van der Waals surface area contributed by atoms with E-state index in [4.69, 9.17) is 0 Å². The summed E-state index contributed by atoms with van der Waals surface area (Å²) in [6.45, 7) is 4.64. The van der Waals surface area contributed by atoms with Gasteiger partial charge in [0.05, 0.1) is 0 Å². The highest BCUT2D eigenvalue weighted by Crippen LogP contribution is 2.41. The van der Waals surface area contributed by atoms with Gasteiger partial charge in [0.15, 0.2) is 0 Å². The lowest BCUT2D eigenvalue weighted by atomic mass is 10.1. The summed E-state index contributed by atoms with van der Waals surface area (Å²) in [5, 5.41) is 0. The monoisotopic (exact) mass is 410 g/mol. The molecular formula is C18H26Si6. The molecule has 2 bridgehead atoms.